The first-order chi connectivity index (χ1) is 10.9. The summed E-state index contributed by atoms with van der Waals surface area (Å²) >= 11 is 3.23. The van der Waals surface area contributed by atoms with Gasteiger partial charge in [-0.1, -0.05) is 23.1 Å². The molecule has 0 radical (unpaired) electrons. The van der Waals surface area contributed by atoms with E-state index < -0.39 is 15.8 Å². The fourth-order valence-corrected chi connectivity index (χ4v) is 6.08. The van der Waals surface area contributed by atoms with E-state index >= 15 is 0 Å². The first-order valence-electron chi connectivity index (χ1n) is 7.17. The Morgan fingerprint density at radius 2 is 1.87 bits per heavy atom. The monoisotopic (exact) mass is 373 g/mol. The topological polar surface area (TPSA) is 63.2 Å². The van der Waals surface area contributed by atoms with Gasteiger partial charge in [0.25, 0.3) is 0 Å². The van der Waals surface area contributed by atoms with Crippen LogP contribution in [0.4, 0.5) is 4.39 Å². The van der Waals surface area contributed by atoms with Gasteiger partial charge in [0.2, 0.25) is 10.0 Å². The zero-order valence-electron chi connectivity index (χ0n) is 12.5. The highest BCUT2D eigenvalue weighted by Crippen LogP contribution is 2.33. The third-order valence-corrected chi connectivity index (χ3v) is 7.80. The van der Waals surface area contributed by atoms with E-state index in [1.165, 1.54) is 28.6 Å². The van der Waals surface area contributed by atoms with E-state index in [1.807, 2.05) is 6.92 Å². The van der Waals surface area contributed by atoms with Crippen molar-refractivity contribution in [1.29, 1.82) is 0 Å². The molecule has 1 aliphatic rings. The van der Waals surface area contributed by atoms with Crippen LogP contribution in [0.5, 0.6) is 0 Å². The van der Waals surface area contributed by atoms with Crippen molar-refractivity contribution in [3.05, 3.63) is 35.1 Å². The molecule has 0 bridgehead atoms. The van der Waals surface area contributed by atoms with Crippen LogP contribution in [-0.2, 0) is 10.0 Å². The summed E-state index contributed by atoms with van der Waals surface area (Å²) < 4.78 is 40.4. The lowest BCUT2D eigenvalue weighted by molar-refractivity contribution is 0.352. The normalized spacial score (nSPS) is 17.5. The van der Waals surface area contributed by atoms with Crippen LogP contribution in [0.2, 0.25) is 0 Å². The van der Waals surface area contributed by atoms with E-state index in [4.69, 9.17) is 0 Å². The van der Waals surface area contributed by atoms with Crippen LogP contribution in [0.3, 0.4) is 0 Å². The van der Waals surface area contributed by atoms with Crippen molar-refractivity contribution in [1.82, 2.24) is 14.5 Å². The van der Waals surface area contributed by atoms with Crippen molar-refractivity contribution in [3.8, 4) is 0 Å². The first-order valence-corrected chi connectivity index (χ1v) is 10.3. The standard InChI is InChI=1S/C14H16FN3O2S3/c1-10-16-17-14(21-10)22-12-6-8-18(9-7-12)23(19,20)13-4-2-11(15)3-5-13/h2-5,12H,6-9H2,1H3. The largest absolute Gasteiger partial charge is 0.243 e. The Hall–Kier alpha value is -1.03. The maximum Gasteiger partial charge on any atom is 0.243 e. The Morgan fingerprint density at radius 3 is 2.43 bits per heavy atom. The van der Waals surface area contributed by atoms with Gasteiger partial charge in [-0.2, -0.15) is 4.31 Å². The molecule has 0 aliphatic carbocycles. The number of nitrogens with zero attached hydrogens (tertiary/aromatic N) is 3. The van der Waals surface area contributed by atoms with Crippen LogP contribution in [-0.4, -0.2) is 41.3 Å². The fourth-order valence-electron chi connectivity index (χ4n) is 2.41. The van der Waals surface area contributed by atoms with Crippen molar-refractivity contribution >= 4 is 33.1 Å². The highest BCUT2D eigenvalue weighted by atomic mass is 32.2. The molecule has 3 rings (SSSR count). The lowest BCUT2D eigenvalue weighted by Gasteiger charge is -2.30. The molecule has 1 saturated heterocycles. The molecule has 23 heavy (non-hydrogen) atoms. The maximum absolute atomic E-state index is 13.0. The molecule has 1 aliphatic heterocycles. The molecule has 0 saturated carbocycles. The van der Waals surface area contributed by atoms with Gasteiger partial charge in [0.15, 0.2) is 4.34 Å². The Morgan fingerprint density at radius 1 is 1.22 bits per heavy atom. The Kier molecular flexibility index (Phi) is 5.00. The molecular weight excluding hydrogens is 357 g/mol. The van der Waals surface area contributed by atoms with Gasteiger partial charge < -0.3 is 0 Å². The van der Waals surface area contributed by atoms with Gasteiger partial charge in [-0.25, -0.2) is 12.8 Å². The minimum Gasteiger partial charge on any atom is -0.207 e. The summed E-state index contributed by atoms with van der Waals surface area (Å²) in [5.74, 6) is -0.439. The van der Waals surface area contributed by atoms with E-state index in [0.29, 0.717) is 18.3 Å². The summed E-state index contributed by atoms with van der Waals surface area (Å²) in [5, 5.41) is 9.37. The SMILES string of the molecule is Cc1nnc(SC2CCN(S(=O)(=O)c3ccc(F)cc3)CC2)s1. The van der Waals surface area contributed by atoms with Gasteiger partial charge in [0.1, 0.15) is 10.8 Å². The number of sulfonamides is 1. The van der Waals surface area contributed by atoms with Gasteiger partial charge in [0.05, 0.1) is 4.90 Å². The van der Waals surface area contributed by atoms with Gasteiger partial charge >= 0.3 is 0 Å². The minimum atomic E-state index is -3.54. The van der Waals surface area contributed by atoms with Crippen LogP contribution >= 0.6 is 23.1 Å². The number of halogens is 1. The van der Waals surface area contributed by atoms with Crippen LogP contribution < -0.4 is 0 Å². The number of aromatic nitrogens is 2. The zero-order chi connectivity index (χ0) is 16.4. The summed E-state index contributed by atoms with van der Waals surface area (Å²) in [6, 6.07) is 4.98. The fraction of sp³-hybridized carbons (Fsp3) is 0.429. The maximum atomic E-state index is 13.0. The summed E-state index contributed by atoms with van der Waals surface area (Å²) in [6.45, 7) is 2.85. The molecule has 0 spiro atoms. The number of hydrogen-bond acceptors (Lipinski definition) is 6. The van der Waals surface area contributed by atoms with Crippen molar-refractivity contribution in [2.75, 3.05) is 13.1 Å². The van der Waals surface area contributed by atoms with Crippen molar-refractivity contribution in [2.24, 2.45) is 0 Å². The molecule has 0 unspecified atom stereocenters. The van der Waals surface area contributed by atoms with Crippen molar-refractivity contribution in [3.63, 3.8) is 0 Å². The lowest BCUT2D eigenvalue weighted by Crippen LogP contribution is -2.39. The Bertz CT molecular complexity index is 769. The van der Waals surface area contributed by atoms with Gasteiger partial charge in [-0.3, -0.25) is 0 Å². The number of rotatable bonds is 4. The number of benzene rings is 1. The van der Waals surface area contributed by atoms with Gasteiger partial charge in [0, 0.05) is 18.3 Å². The number of piperidine rings is 1. The Balaban J connectivity index is 1.62. The molecule has 5 nitrogen and oxygen atoms in total. The third-order valence-electron chi connectivity index (χ3n) is 3.63. The van der Waals surface area contributed by atoms with Crippen LogP contribution in [0.15, 0.2) is 33.5 Å². The lowest BCUT2D eigenvalue weighted by atomic mass is 10.2. The van der Waals surface area contributed by atoms with Crippen LogP contribution in [0.1, 0.15) is 17.8 Å². The molecule has 124 valence electrons. The van der Waals surface area contributed by atoms with Crippen LogP contribution in [0, 0.1) is 12.7 Å². The molecule has 1 fully saturated rings. The molecule has 0 N–H and O–H groups in total. The molecule has 9 heteroatoms. The summed E-state index contributed by atoms with van der Waals surface area (Å²) in [5.41, 5.74) is 0. The second kappa shape index (κ2) is 6.84. The van der Waals surface area contributed by atoms with E-state index in [9.17, 15) is 12.8 Å². The summed E-state index contributed by atoms with van der Waals surface area (Å²) in [7, 11) is -3.54. The minimum absolute atomic E-state index is 0.143. The predicted molar refractivity (Wildman–Crippen MR) is 88.7 cm³/mol. The molecule has 2 heterocycles. The van der Waals surface area contributed by atoms with Gasteiger partial charge in [-0.05, 0) is 44.0 Å². The van der Waals surface area contributed by atoms with E-state index in [0.717, 1.165) is 22.2 Å². The third kappa shape index (κ3) is 3.90. The quantitative estimate of drug-likeness (QED) is 0.825. The zero-order valence-corrected chi connectivity index (χ0v) is 14.9. The number of thioether (sulfide) groups is 1. The smallest absolute Gasteiger partial charge is 0.207 e. The summed E-state index contributed by atoms with van der Waals surface area (Å²) in [4.78, 5) is 0.143. The van der Waals surface area contributed by atoms with E-state index in [1.54, 1.807) is 23.1 Å². The van der Waals surface area contributed by atoms with E-state index in [2.05, 4.69) is 10.2 Å². The average molecular weight is 374 g/mol. The molecule has 0 atom stereocenters. The van der Waals surface area contributed by atoms with Gasteiger partial charge in [-0.15, -0.1) is 10.2 Å². The van der Waals surface area contributed by atoms with Crippen molar-refractivity contribution < 1.29 is 12.8 Å². The molecule has 2 aromatic rings. The van der Waals surface area contributed by atoms with Crippen molar-refractivity contribution in [2.45, 2.75) is 34.3 Å². The summed E-state index contributed by atoms with van der Waals surface area (Å²) in [6.07, 6.45) is 1.54. The average Bonchev–Trinajstić information content (AvgIpc) is 2.93. The Labute approximate surface area is 143 Å². The second-order valence-corrected chi connectivity index (χ2v) is 9.93. The predicted octanol–water partition coefficient (Wildman–Crippen LogP) is 2.93. The molecular formula is C14H16FN3O2S3. The second-order valence-electron chi connectivity index (χ2n) is 5.26. The number of hydrogen-bond donors (Lipinski definition) is 0. The highest BCUT2D eigenvalue weighted by molar-refractivity contribution is 8.01. The highest BCUT2D eigenvalue weighted by Gasteiger charge is 2.30. The molecule has 1 aromatic heterocycles. The first kappa shape index (κ1) is 16.8. The number of aryl methyl sites for hydroxylation is 1. The molecule has 0 amide bonds. The molecule has 1 aromatic carbocycles. The van der Waals surface area contributed by atoms with Crippen LogP contribution in [0.25, 0.3) is 0 Å². The van der Waals surface area contributed by atoms with E-state index in [-0.39, 0.29) is 4.90 Å².